The van der Waals surface area contributed by atoms with Gasteiger partial charge in [0.1, 0.15) is 19.3 Å². The van der Waals surface area contributed by atoms with Crippen molar-refractivity contribution in [1.82, 2.24) is 0 Å². The maximum absolute atomic E-state index is 13.1. The number of allylic oxidation sites excluding steroid dienone is 24. The molecule has 0 radical (unpaired) electrons. The number of ether oxygens (including phenoxy) is 4. The van der Waals surface area contributed by atoms with Crippen LogP contribution < -0.4 is 0 Å². The Balaban J connectivity index is 5.42. The van der Waals surface area contributed by atoms with Gasteiger partial charge in [0.15, 0.2) is 12.2 Å². The summed E-state index contributed by atoms with van der Waals surface area (Å²) >= 11 is 0. The molecule has 106 heavy (non-hydrogen) atoms. The second-order valence-electron chi connectivity index (χ2n) is 26.9. The number of hydrogen-bond donors (Lipinski definition) is 3. The lowest BCUT2D eigenvalue weighted by molar-refractivity contribution is -0.161. The summed E-state index contributed by atoms with van der Waals surface area (Å²) in [5, 5.41) is 10.7. The Hall–Kier alpha value is -5.06. The van der Waals surface area contributed by atoms with E-state index in [1.165, 1.54) is 51.4 Å². The number of carbonyl (C=O) groups is 4. The predicted octanol–water partition coefficient (Wildman–Crippen LogP) is 24.2. The topological polar surface area (TPSA) is 237 Å². The van der Waals surface area contributed by atoms with Gasteiger partial charge >= 0.3 is 39.5 Å². The molecule has 0 rings (SSSR count). The number of phosphoric acid groups is 2. The van der Waals surface area contributed by atoms with Gasteiger partial charge in [-0.1, -0.05) is 302 Å². The molecule has 19 heteroatoms. The van der Waals surface area contributed by atoms with Gasteiger partial charge < -0.3 is 33.8 Å². The van der Waals surface area contributed by atoms with Crippen LogP contribution in [0.3, 0.4) is 0 Å². The largest absolute Gasteiger partial charge is 0.472 e. The molecule has 0 saturated carbocycles. The molecule has 0 spiro atoms. The molecule has 0 heterocycles. The first kappa shape index (κ1) is 101. The van der Waals surface area contributed by atoms with E-state index in [1.54, 1.807) is 0 Å². The van der Waals surface area contributed by atoms with Crippen molar-refractivity contribution < 1.29 is 80.2 Å². The number of aliphatic hydroxyl groups is 1. The Morgan fingerprint density at radius 3 is 0.774 bits per heavy atom. The van der Waals surface area contributed by atoms with Crippen molar-refractivity contribution >= 4 is 39.5 Å². The van der Waals surface area contributed by atoms with Crippen LogP contribution in [-0.4, -0.2) is 96.7 Å². The van der Waals surface area contributed by atoms with Crippen molar-refractivity contribution in [1.29, 1.82) is 0 Å². The fourth-order valence-corrected chi connectivity index (χ4v) is 12.2. The first-order valence-electron chi connectivity index (χ1n) is 41.1. The van der Waals surface area contributed by atoms with Crippen LogP contribution in [-0.2, 0) is 65.4 Å². The number of rotatable bonds is 76. The molecule has 0 amide bonds. The zero-order valence-corrected chi connectivity index (χ0v) is 68.1. The third kappa shape index (κ3) is 77.1. The molecule has 0 aliphatic carbocycles. The van der Waals surface area contributed by atoms with Gasteiger partial charge in [-0.05, 0) is 141 Å². The highest BCUT2D eigenvalue weighted by Gasteiger charge is 2.30. The minimum absolute atomic E-state index is 0.0706. The van der Waals surface area contributed by atoms with E-state index in [2.05, 4.69) is 174 Å². The van der Waals surface area contributed by atoms with Gasteiger partial charge in [0, 0.05) is 25.7 Å². The fraction of sp³-hybridized carbons (Fsp3) is 0.678. The monoisotopic (exact) mass is 1530 g/mol. The zero-order valence-electron chi connectivity index (χ0n) is 66.3. The van der Waals surface area contributed by atoms with Gasteiger partial charge in [-0.2, -0.15) is 0 Å². The summed E-state index contributed by atoms with van der Waals surface area (Å²) in [6.07, 6.45) is 89.6. The first-order valence-corrected chi connectivity index (χ1v) is 44.1. The SMILES string of the molecule is CC/C=C\C/C=C\C/C=C\C/C=C\CCCCCCCCC(=O)OCC(COP(=O)(O)OCC(O)COP(=O)(O)OCC(COC(=O)CCCC/C=C\C/C=C\C/C=C\C/C=C\CC)OC(=O)CCCCCCCCCCCCCCC)OC(=O)CCCCCCCC/C=C\C/C=C\C/C=C\C/C=C\CC. The Morgan fingerprint density at radius 1 is 0.274 bits per heavy atom. The highest BCUT2D eigenvalue weighted by molar-refractivity contribution is 7.47. The van der Waals surface area contributed by atoms with Crippen LogP contribution in [0.1, 0.15) is 323 Å². The smallest absolute Gasteiger partial charge is 0.462 e. The molecule has 5 atom stereocenters. The second kappa shape index (κ2) is 78.1. The molecule has 0 bridgehead atoms. The average Bonchev–Trinajstić information content (AvgIpc) is 0.903. The maximum atomic E-state index is 13.1. The molecule has 17 nitrogen and oxygen atoms in total. The third-order valence-corrected chi connectivity index (χ3v) is 18.7. The third-order valence-electron chi connectivity index (χ3n) is 16.8. The standard InChI is InChI=1S/C87H146O17P2/c1-5-9-13-17-21-25-29-33-36-38-40-42-45-49-52-56-60-64-68-72-85(90)98-78-83(104-87(92)74-70-66-62-58-54-50-46-43-41-39-37-34-30-26-22-18-14-10-6-2)80-102-106(95,96)100-76-81(88)75-99-105(93,94)101-79-82(103-86(91)73-69-65-61-57-53-47-32-28-24-20-16-12-8-4)77-97-84(89)71-67-63-59-55-51-48-44-35-31-27-23-19-15-11-7-3/h9-11,13-15,21-23,25-27,33-37,40-44,51,55,81-83,88H,5-8,12,16-20,24,28-32,38-39,45-50,52-54,56-80H2,1-4H3,(H,93,94)(H,95,96)/b13-9-,14-10-,15-11-,25-21-,26-22-,27-23-,36-33-,37-34-,42-40-,43-41-,44-35-,55-51-. The highest BCUT2D eigenvalue weighted by Crippen LogP contribution is 2.45. The number of carbonyl (C=O) groups excluding carboxylic acids is 4. The molecule has 0 aromatic heterocycles. The van der Waals surface area contributed by atoms with Gasteiger partial charge in [-0.3, -0.25) is 37.3 Å². The van der Waals surface area contributed by atoms with Gasteiger partial charge in [0.05, 0.1) is 26.4 Å². The number of phosphoric ester groups is 2. The van der Waals surface area contributed by atoms with Crippen molar-refractivity contribution in [2.75, 3.05) is 39.6 Å². The molecule has 0 aliphatic heterocycles. The molecule has 0 saturated heterocycles. The summed E-state index contributed by atoms with van der Waals surface area (Å²) in [5.74, 6) is -2.25. The fourth-order valence-electron chi connectivity index (χ4n) is 10.7. The van der Waals surface area contributed by atoms with E-state index in [1.807, 2.05) is 0 Å². The Morgan fingerprint density at radius 2 is 0.491 bits per heavy atom. The highest BCUT2D eigenvalue weighted by atomic mass is 31.2. The predicted molar refractivity (Wildman–Crippen MR) is 436 cm³/mol. The van der Waals surface area contributed by atoms with E-state index in [0.717, 1.165) is 193 Å². The summed E-state index contributed by atoms with van der Waals surface area (Å²) in [4.78, 5) is 73.1. The molecule has 3 N–H and O–H groups in total. The number of esters is 4. The minimum Gasteiger partial charge on any atom is -0.462 e. The van der Waals surface area contributed by atoms with Gasteiger partial charge in [-0.25, -0.2) is 9.13 Å². The number of hydrogen-bond acceptors (Lipinski definition) is 15. The molecule has 0 aliphatic rings. The van der Waals surface area contributed by atoms with Crippen molar-refractivity contribution in [3.8, 4) is 0 Å². The minimum atomic E-state index is -4.99. The van der Waals surface area contributed by atoms with Crippen LogP contribution in [0.25, 0.3) is 0 Å². The summed E-state index contributed by atoms with van der Waals surface area (Å²) < 4.78 is 68.7. The van der Waals surface area contributed by atoms with Gasteiger partial charge in [-0.15, -0.1) is 0 Å². The summed E-state index contributed by atoms with van der Waals surface area (Å²) in [7, 11) is -9.98. The Bertz CT molecular complexity index is 2580. The number of unbranched alkanes of at least 4 members (excludes halogenated alkanes) is 26. The molecule has 606 valence electrons. The van der Waals surface area contributed by atoms with E-state index >= 15 is 0 Å². The van der Waals surface area contributed by atoms with Crippen molar-refractivity contribution in [2.24, 2.45) is 0 Å². The van der Waals surface area contributed by atoms with Gasteiger partial charge in [0.2, 0.25) is 0 Å². The van der Waals surface area contributed by atoms with Crippen molar-refractivity contribution in [3.63, 3.8) is 0 Å². The normalized spacial score (nSPS) is 14.6. The second-order valence-corrected chi connectivity index (χ2v) is 29.8. The Labute approximate surface area is 643 Å². The van der Waals surface area contributed by atoms with E-state index in [4.69, 9.17) is 37.0 Å². The van der Waals surface area contributed by atoms with Crippen LogP contribution >= 0.6 is 15.6 Å². The van der Waals surface area contributed by atoms with Crippen LogP contribution in [0.4, 0.5) is 0 Å². The molecule has 0 aromatic carbocycles. The Kier molecular flexibility index (Phi) is 74.3. The molecular weight excluding hydrogens is 1380 g/mol. The quantitative estimate of drug-likeness (QED) is 0.0169. The van der Waals surface area contributed by atoms with E-state index in [9.17, 15) is 43.2 Å². The van der Waals surface area contributed by atoms with Crippen LogP contribution in [0.2, 0.25) is 0 Å². The average molecular weight is 1530 g/mol. The lowest BCUT2D eigenvalue weighted by Crippen LogP contribution is -2.30. The maximum Gasteiger partial charge on any atom is 0.472 e. The zero-order chi connectivity index (χ0) is 77.4. The lowest BCUT2D eigenvalue weighted by atomic mass is 10.0. The van der Waals surface area contributed by atoms with Crippen LogP contribution in [0.15, 0.2) is 146 Å². The lowest BCUT2D eigenvalue weighted by Gasteiger charge is -2.21. The van der Waals surface area contributed by atoms with E-state index in [0.29, 0.717) is 25.7 Å². The molecule has 0 aromatic rings. The first-order chi connectivity index (χ1) is 51.7. The van der Waals surface area contributed by atoms with Gasteiger partial charge in [0.25, 0.3) is 0 Å². The van der Waals surface area contributed by atoms with Crippen LogP contribution in [0, 0.1) is 0 Å². The van der Waals surface area contributed by atoms with Crippen molar-refractivity contribution in [2.45, 2.75) is 341 Å². The van der Waals surface area contributed by atoms with Crippen molar-refractivity contribution in [3.05, 3.63) is 146 Å². The molecule has 5 unspecified atom stereocenters. The summed E-state index contributed by atoms with van der Waals surface area (Å²) in [5.41, 5.74) is 0. The molecular formula is C87H146O17P2. The van der Waals surface area contributed by atoms with E-state index < -0.39 is 97.5 Å². The van der Waals surface area contributed by atoms with E-state index in [-0.39, 0.29) is 25.7 Å². The summed E-state index contributed by atoms with van der Waals surface area (Å²) in [6, 6.07) is 0. The molecule has 0 fully saturated rings. The number of aliphatic hydroxyl groups excluding tert-OH is 1. The summed E-state index contributed by atoms with van der Waals surface area (Å²) in [6.45, 7) is 4.48. The van der Waals surface area contributed by atoms with Crippen LogP contribution in [0.5, 0.6) is 0 Å².